The van der Waals surface area contributed by atoms with Crippen LogP contribution in [0.5, 0.6) is 0 Å². The maximum absolute atomic E-state index is 12.9. The van der Waals surface area contributed by atoms with Gasteiger partial charge >= 0.3 is 5.91 Å². The standard InChI is InChI=1S/C19H27N5O4/c1-12(2)16(19(27)24(22-28)14-8-5-4-6-9-14)21-17(25)15-10-7-11-23(15)18(26)13(3)20/h4-6,8-9,12-13,15-16H,7,10-11,20H2,1-3H3,(H,21,25)/p+1/t13-,15-,16-/m0/s1. The van der Waals surface area contributed by atoms with Crippen molar-refractivity contribution in [1.29, 1.82) is 0 Å². The number of hydrogen-bond donors (Lipinski definition) is 3. The van der Waals surface area contributed by atoms with Crippen molar-refractivity contribution < 1.29 is 19.7 Å². The number of amides is 3. The van der Waals surface area contributed by atoms with E-state index >= 15 is 0 Å². The third-order valence-electron chi connectivity index (χ3n) is 4.78. The predicted molar refractivity (Wildman–Crippen MR) is 103 cm³/mol. The molecule has 9 heteroatoms. The molecule has 1 heterocycles. The van der Waals surface area contributed by atoms with Crippen molar-refractivity contribution in [3.05, 3.63) is 35.2 Å². The Kier molecular flexibility index (Phi) is 7.22. The summed E-state index contributed by atoms with van der Waals surface area (Å²) in [7, 11) is 0. The first-order valence-electron chi connectivity index (χ1n) is 9.41. The second-order valence-electron chi connectivity index (χ2n) is 7.31. The van der Waals surface area contributed by atoms with Crippen molar-refractivity contribution in [2.45, 2.75) is 51.7 Å². The minimum absolute atomic E-state index is 0.269. The number of carbonyl (C=O) groups excluding carboxylic acids is 3. The Balaban J connectivity index is 2.17. The number of likely N-dealkylation sites (tertiary alicyclic amines) is 1. The molecule has 3 atom stereocenters. The zero-order chi connectivity index (χ0) is 20.8. The third-order valence-corrected chi connectivity index (χ3v) is 4.78. The summed E-state index contributed by atoms with van der Waals surface area (Å²) in [5.74, 6) is -1.56. The minimum Gasteiger partial charge on any atom is -0.342 e. The van der Waals surface area contributed by atoms with Gasteiger partial charge in [0.15, 0.2) is 0 Å². The Bertz CT molecular complexity index is 722. The second kappa shape index (κ2) is 9.41. The van der Waals surface area contributed by atoms with Gasteiger partial charge in [-0.3, -0.25) is 14.4 Å². The molecular weight excluding hydrogens is 362 g/mol. The Labute approximate surface area is 164 Å². The molecule has 0 spiro atoms. The SMILES string of the molecule is CC(C)[C@H](NC(=O)[C@@H]1CCCN1C(=O)[C@H](C)N)C(=O)N([NH+]=O)c1ccccc1. The zero-order valence-electron chi connectivity index (χ0n) is 16.4. The molecule has 1 aliphatic heterocycles. The van der Waals surface area contributed by atoms with E-state index in [1.54, 1.807) is 56.4 Å². The number of anilines is 1. The Hall–Kier alpha value is -2.81. The van der Waals surface area contributed by atoms with E-state index in [1.165, 1.54) is 4.90 Å². The number of nitroso groups, excluding NO2 is 1. The molecule has 0 radical (unpaired) electrons. The number of nitrogens with zero attached hydrogens (tertiary/aromatic N) is 2. The van der Waals surface area contributed by atoms with Crippen LogP contribution in [0.3, 0.4) is 0 Å². The van der Waals surface area contributed by atoms with Gasteiger partial charge in [0.25, 0.3) is 0 Å². The molecule has 152 valence electrons. The number of para-hydroxylation sites is 1. The van der Waals surface area contributed by atoms with E-state index in [2.05, 4.69) is 5.32 Å². The zero-order valence-corrected chi connectivity index (χ0v) is 16.4. The molecule has 2 rings (SSSR count). The topological polar surface area (TPSA) is 127 Å². The van der Waals surface area contributed by atoms with Crippen LogP contribution in [0.25, 0.3) is 0 Å². The van der Waals surface area contributed by atoms with E-state index in [1.807, 2.05) is 0 Å². The van der Waals surface area contributed by atoms with Crippen LogP contribution < -0.4 is 21.3 Å². The average molecular weight is 390 g/mol. The van der Waals surface area contributed by atoms with Gasteiger partial charge in [-0.1, -0.05) is 32.0 Å². The van der Waals surface area contributed by atoms with Crippen LogP contribution in [0.4, 0.5) is 5.69 Å². The van der Waals surface area contributed by atoms with Gasteiger partial charge in [-0.2, -0.15) is 0 Å². The molecule has 1 saturated heterocycles. The predicted octanol–water partition coefficient (Wildman–Crippen LogP) is -0.739. The van der Waals surface area contributed by atoms with Crippen molar-refractivity contribution in [2.24, 2.45) is 11.7 Å². The maximum atomic E-state index is 12.9. The first kappa shape index (κ1) is 21.5. The van der Waals surface area contributed by atoms with Gasteiger partial charge in [0.1, 0.15) is 23.1 Å². The quantitative estimate of drug-likeness (QED) is 0.529. The summed E-state index contributed by atoms with van der Waals surface area (Å²) >= 11 is 0. The minimum atomic E-state index is -0.929. The summed E-state index contributed by atoms with van der Waals surface area (Å²) < 4.78 is 0. The molecule has 1 fully saturated rings. The highest BCUT2D eigenvalue weighted by molar-refractivity contribution is 5.98. The fourth-order valence-electron chi connectivity index (χ4n) is 3.27. The van der Waals surface area contributed by atoms with E-state index in [9.17, 15) is 19.3 Å². The highest BCUT2D eigenvalue weighted by Gasteiger charge is 2.39. The van der Waals surface area contributed by atoms with Crippen LogP contribution in [0.1, 0.15) is 33.6 Å². The lowest BCUT2D eigenvalue weighted by Crippen LogP contribution is -2.82. The van der Waals surface area contributed by atoms with E-state index in [0.29, 0.717) is 25.1 Å². The lowest BCUT2D eigenvalue weighted by atomic mass is 10.0. The van der Waals surface area contributed by atoms with Crippen molar-refractivity contribution in [1.82, 2.24) is 10.2 Å². The molecule has 9 nitrogen and oxygen atoms in total. The van der Waals surface area contributed by atoms with Crippen LogP contribution >= 0.6 is 0 Å². The number of nitrogens with one attached hydrogen (secondary N) is 2. The van der Waals surface area contributed by atoms with Crippen molar-refractivity contribution >= 4 is 23.4 Å². The third kappa shape index (κ3) is 4.72. The van der Waals surface area contributed by atoms with Crippen molar-refractivity contribution in [3.63, 3.8) is 0 Å². The van der Waals surface area contributed by atoms with Crippen molar-refractivity contribution in [3.8, 4) is 0 Å². The number of hydrogen-bond acceptors (Lipinski definition) is 5. The second-order valence-corrected chi connectivity index (χ2v) is 7.31. The maximum Gasteiger partial charge on any atom is 0.310 e. The van der Waals surface area contributed by atoms with Gasteiger partial charge < -0.3 is 16.0 Å². The van der Waals surface area contributed by atoms with Gasteiger partial charge in [-0.25, -0.2) is 0 Å². The molecule has 0 unspecified atom stereocenters. The summed E-state index contributed by atoms with van der Waals surface area (Å²) in [6.07, 6.45) is 1.20. The van der Waals surface area contributed by atoms with Crippen LogP contribution in [0.15, 0.2) is 30.3 Å². The van der Waals surface area contributed by atoms with Gasteiger partial charge in [-0.05, 0) is 42.8 Å². The van der Waals surface area contributed by atoms with E-state index in [4.69, 9.17) is 5.73 Å². The highest BCUT2D eigenvalue weighted by Crippen LogP contribution is 2.19. The normalized spacial score (nSPS) is 18.5. The molecule has 1 aliphatic rings. The monoisotopic (exact) mass is 390 g/mol. The summed E-state index contributed by atoms with van der Waals surface area (Å²) in [4.78, 5) is 50.9. The van der Waals surface area contributed by atoms with E-state index < -0.39 is 29.9 Å². The highest BCUT2D eigenvalue weighted by atomic mass is 16.3. The van der Waals surface area contributed by atoms with Gasteiger partial charge in [-0.15, -0.1) is 0 Å². The molecule has 1 aromatic carbocycles. The summed E-state index contributed by atoms with van der Waals surface area (Å²) in [6, 6.07) is 6.10. The average Bonchev–Trinajstić information content (AvgIpc) is 3.16. The summed E-state index contributed by atoms with van der Waals surface area (Å²) in [6.45, 7) is 5.58. The molecule has 0 bridgehead atoms. The Morgan fingerprint density at radius 2 is 1.86 bits per heavy atom. The number of nitrogens with two attached hydrogens (primary N) is 1. The largest absolute Gasteiger partial charge is 0.342 e. The molecule has 0 aromatic heterocycles. The van der Waals surface area contributed by atoms with Crippen LogP contribution in [0, 0.1) is 10.8 Å². The van der Waals surface area contributed by atoms with Crippen LogP contribution in [-0.2, 0) is 14.4 Å². The molecule has 0 saturated carbocycles. The van der Waals surface area contributed by atoms with E-state index in [-0.39, 0.29) is 11.8 Å². The number of benzene rings is 1. The fourth-order valence-corrected chi connectivity index (χ4v) is 3.27. The number of carbonyl (C=O) groups is 3. The lowest BCUT2D eigenvalue weighted by molar-refractivity contribution is -0.485. The molecule has 3 amide bonds. The van der Waals surface area contributed by atoms with Gasteiger partial charge in [0, 0.05) is 11.5 Å². The summed E-state index contributed by atoms with van der Waals surface area (Å²) in [5, 5.41) is 5.23. The van der Waals surface area contributed by atoms with Crippen molar-refractivity contribution in [2.75, 3.05) is 11.6 Å². The molecule has 4 N–H and O–H groups in total. The first-order chi connectivity index (χ1) is 13.3. The lowest BCUT2D eigenvalue weighted by Gasteiger charge is -2.28. The first-order valence-corrected chi connectivity index (χ1v) is 9.41. The molecular formula is C19H28N5O4+. The van der Waals surface area contributed by atoms with E-state index in [0.717, 1.165) is 5.01 Å². The smallest absolute Gasteiger partial charge is 0.310 e. The summed E-state index contributed by atoms with van der Waals surface area (Å²) in [5.41, 5.74) is 6.04. The van der Waals surface area contributed by atoms with Crippen LogP contribution in [0.2, 0.25) is 0 Å². The molecule has 28 heavy (non-hydrogen) atoms. The van der Waals surface area contributed by atoms with Gasteiger partial charge in [0.2, 0.25) is 11.8 Å². The molecule has 1 aromatic rings. The van der Waals surface area contributed by atoms with Crippen LogP contribution in [-0.4, -0.2) is 47.3 Å². The Morgan fingerprint density at radius 3 is 2.39 bits per heavy atom. The fraction of sp³-hybridized carbons (Fsp3) is 0.526. The van der Waals surface area contributed by atoms with Gasteiger partial charge in [0.05, 0.1) is 6.04 Å². The number of rotatable bonds is 7. The molecule has 0 aliphatic carbocycles. The number of hydrazine groups is 1. The Morgan fingerprint density at radius 1 is 1.21 bits per heavy atom.